The maximum absolute atomic E-state index is 5.46. The first kappa shape index (κ1) is 7.34. The maximum atomic E-state index is 5.46. The predicted molar refractivity (Wildman–Crippen MR) is 37.2 cm³/mol. The number of nitrogens with two attached hydrogens (primary N) is 1. The lowest BCUT2D eigenvalue weighted by Crippen LogP contribution is -2.23. The van der Waals surface area contributed by atoms with Gasteiger partial charge in [-0.1, -0.05) is 0 Å². The molecular formula is C5H11NO2S. The van der Waals surface area contributed by atoms with Gasteiger partial charge >= 0.3 is 0 Å². The zero-order valence-electron chi connectivity index (χ0n) is 5.37. The second-order valence-corrected chi connectivity index (χ2v) is 3.09. The molecule has 0 bridgehead atoms. The second-order valence-electron chi connectivity index (χ2n) is 1.89. The standard InChI is InChI=1S/C5H11NO2S/c1-7-2-5-8-4(6)3-9-5/h4-5H,2-3,6H2,1H3. The molecule has 1 rings (SSSR count). The monoisotopic (exact) mass is 149 g/mol. The Morgan fingerprint density at radius 2 is 2.67 bits per heavy atom. The summed E-state index contributed by atoms with van der Waals surface area (Å²) in [6.07, 6.45) is -0.0878. The Morgan fingerprint density at radius 3 is 3.11 bits per heavy atom. The minimum absolute atomic E-state index is 0.0878. The molecule has 0 spiro atoms. The average Bonchev–Trinajstić information content (AvgIpc) is 2.17. The van der Waals surface area contributed by atoms with Crippen molar-refractivity contribution in [2.45, 2.75) is 11.7 Å². The third-order valence-electron chi connectivity index (χ3n) is 1.08. The van der Waals surface area contributed by atoms with Crippen molar-refractivity contribution in [3.05, 3.63) is 0 Å². The number of methoxy groups -OCH3 is 1. The number of ether oxygens (including phenoxy) is 2. The summed E-state index contributed by atoms with van der Waals surface area (Å²) in [4.78, 5) is 0. The molecule has 1 saturated heterocycles. The molecular weight excluding hydrogens is 138 g/mol. The van der Waals surface area contributed by atoms with Gasteiger partial charge < -0.3 is 15.2 Å². The molecule has 2 N–H and O–H groups in total. The van der Waals surface area contributed by atoms with Crippen molar-refractivity contribution in [2.24, 2.45) is 5.73 Å². The molecule has 0 aromatic heterocycles. The first-order valence-corrected chi connectivity index (χ1v) is 3.89. The zero-order valence-corrected chi connectivity index (χ0v) is 6.19. The van der Waals surface area contributed by atoms with Crippen LogP contribution in [-0.2, 0) is 9.47 Å². The van der Waals surface area contributed by atoms with Crippen molar-refractivity contribution in [1.29, 1.82) is 0 Å². The molecule has 0 aromatic rings. The number of thioether (sulfide) groups is 1. The molecule has 2 atom stereocenters. The van der Waals surface area contributed by atoms with Gasteiger partial charge in [-0.25, -0.2) is 0 Å². The smallest absolute Gasteiger partial charge is 0.128 e. The summed E-state index contributed by atoms with van der Waals surface area (Å²) in [5.41, 5.74) is 5.61. The zero-order chi connectivity index (χ0) is 6.69. The lowest BCUT2D eigenvalue weighted by molar-refractivity contribution is 0.0245. The molecule has 1 heterocycles. The van der Waals surface area contributed by atoms with E-state index < -0.39 is 0 Å². The fourth-order valence-electron chi connectivity index (χ4n) is 0.699. The van der Waals surface area contributed by atoms with Gasteiger partial charge in [0.15, 0.2) is 0 Å². The van der Waals surface area contributed by atoms with Gasteiger partial charge in [0.1, 0.15) is 11.7 Å². The van der Waals surface area contributed by atoms with E-state index in [1.807, 2.05) is 0 Å². The van der Waals surface area contributed by atoms with Crippen LogP contribution in [0.15, 0.2) is 0 Å². The molecule has 3 nitrogen and oxygen atoms in total. The molecule has 2 unspecified atom stereocenters. The van der Waals surface area contributed by atoms with E-state index in [-0.39, 0.29) is 11.7 Å². The van der Waals surface area contributed by atoms with E-state index >= 15 is 0 Å². The molecule has 4 heteroatoms. The highest BCUT2D eigenvalue weighted by Gasteiger charge is 2.21. The highest BCUT2D eigenvalue weighted by atomic mass is 32.2. The van der Waals surface area contributed by atoms with Gasteiger partial charge in [0.2, 0.25) is 0 Å². The highest BCUT2D eigenvalue weighted by Crippen LogP contribution is 2.22. The third kappa shape index (κ3) is 2.14. The van der Waals surface area contributed by atoms with Crippen LogP contribution < -0.4 is 5.73 Å². The molecule has 1 aliphatic heterocycles. The van der Waals surface area contributed by atoms with E-state index in [1.54, 1.807) is 18.9 Å². The van der Waals surface area contributed by atoms with Crippen LogP contribution in [0.5, 0.6) is 0 Å². The van der Waals surface area contributed by atoms with Gasteiger partial charge in [-0.15, -0.1) is 11.8 Å². The minimum Gasteiger partial charge on any atom is -0.381 e. The summed E-state index contributed by atoms with van der Waals surface area (Å²) in [5.74, 6) is 0.883. The normalized spacial score (nSPS) is 35.3. The Bertz CT molecular complexity index is 89.0. The van der Waals surface area contributed by atoms with Crippen LogP contribution in [0.1, 0.15) is 0 Å². The SMILES string of the molecule is COCC1OC(N)CS1. The van der Waals surface area contributed by atoms with Crippen LogP contribution >= 0.6 is 11.8 Å². The Hall–Kier alpha value is 0.230. The van der Waals surface area contributed by atoms with Crippen molar-refractivity contribution < 1.29 is 9.47 Å². The summed E-state index contributed by atoms with van der Waals surface area (Å²) in [6, 6.07) is 0. The Balaban J connectivity index is 2.14. The topological polar surface area (TPSA) is 44.5 Å². The third-order valence-corrected chi connectivity index (χ3v) is 2.22. The summed E-state index contributed by atoms with van der Waals surface area (Å²) in [6.45, 7) is 0.637. The Kier molecular flexibility index (Phi) is 2.78. The number of hydrogen-bond donors (Lipinski definition) is 1. The van der Waals surface area contributed by atoms with E-state index in [4.69, 9.17) is 15.2 Å². The van der Waals surface area contributed by atoms with Gasteiger partial charge in [-0.2, -0.15) is 0 Å². The summed E-state index contributed by atoms with van der Waals surface area (Å²) in [5, 5.41) is 0. The van der Waals surface area contributed by atoms with Crippen molar-refractivity contribution in [2.75, 3.05) is 19.5 Å². The van der Waals surface area contributed by atoms with E-state index in [9.17, 15) is 0 Å². The number of hydrogen-bond acceptors (Lipinski definition) is 4. The number of rotatable bonds is 2. The predicted octanol–water partition coefficient (Wildman–Crippen LogP) is 0.00710. The van der Waals surface area contributed by atoms with E-state index in [0.717, 1.165) is 5.75 Å². The lowest BCUT2D eigenvalue weighted by Gasteiger charge is -2.06. The van der Waals surface area contributed by atoms with Crippen LogP contribution in [0.3, 0.4) is 0 Å². The lowest BCUT2D eigenvalue weighted by atomic mass is 10.7. The maximum Gasteiger partial charge on any atom is 0.128 e. The molecule has 0 aromatic carbocycles. The summed E-state index contributed by atoms with van der Waals surface area (Å²) in [7, 11) is 1.66. The van der Waals surface area contributed by atoms with Crippen molar-refractivity contribution in [3.63, 3.8) is 0 Å². The van der Waals surface area contributed by atoms with Gasteiger partial charge in [0, 0.05) is 12.9 Å². The Morgan fingerprint density at radius 1 is 1.89 bits per heavy atom. The quantitative estimate of drug-likeness (QED) is 0.600. The second kappa shape index (κ2) is 3.41. The minimum atomic E-state index is -0.0878. The molecule has 9 heavy (non-hydrogen) atoms. The molecule has 0 radical (unpaired) electrons. The fourth-order valence-corrected chi connectivity index (χ4v) is 1.64. The fraction of sp³-hybridized carbons (Fsp3) is 1.00. The van der Waals surface area contributed by atoms with Crippen LogP contribution in [0.4, 0.5) is 0 Å². The van der Waals surface area contributed by atoms with Gasteiger partial charge in [-0.3, -0.25) is 0 Å². The van der Waals surface area contributed by atoms with E-state index in [1.165, 1.54) is 0 Å². The molecule has 0 amide bonds. The van der Waals surface area contributed by atoms with Crippen LogP contribution in [-0.4, -0.2) is 31.1 Å². The molecule has 0 saturated carbocycles. The van der Waals surface area contributed by atoms with E-state index in [0.29, 0.717) is 6.61 Å². The largest absolute Gasteiger partial charge is 0.381 e. The first-order chi connectivity index (χ1) is 4.33. The van der Waals surface area contributed by atoms with Crippen LogP contribution in [0, 0.1) is 0 Å². The summed E-state index contributed by atoms with van der Waals surface area (Å²) < 4.78 is 10.1. The molecule has 1 aliphatic rings. The van der Waals surface area contributed by atoms with Crippen LogP contribution in [0.25, 0.3) is 0 Å². The molecule has 54 valence electrons. The van der Waals surface area contributed by atoms with Crippen molar-refractivity contribution in [3.8, 4) is 0 Å². The van der Waals surface area contributed by atoms with Crippen molar-refractivity contribution >= 4 is 11.8 Å². The van der Waals surface area contributed by atoms with Crippen molar-refractivity contribution in [1.82, 2.24) is 0 Å². The van der Waals surface area contributed by atoms with Gasteiger partial charge in [0.25, 0.3) is 0 Å². The van der Waals surface area contributed by atoms with Gasteiger partial charge in [0.05, 0.1) is 6.61 Å². The average molecular weight is 149 g/mol. The van der Waals surface area contributed by atoms with Crippen LogP contribution in [0.2, 0.25) is 0 Å². The van der Waals surface area contributed by atoms with E-state index in [2.05, 4.69) is 0 Å². The highest BCUT2D eigenvalue weighted by molar-refractivity contribution is 8.00. The van der Waals surface area contributed by atoms with Gasteiger partial charge in [-0.05, 0) is 0 Å². The molecule has 1 fully saturated rings. The molecule has 0 aliphatic carbocycles. The first-order valence-electron chi connectivity index (χ1n) is 2.84. The summed E-state index contributed by atoms with van der Waals surface area (Å²) >= 11 is 1.70. The Labute approximate surface area is 58.9 Å².